The molecule has 0 atom stereocenters. The standard InChI is InChI=1S/C26H27N3O4S/c1-2-24(30)28-21-12-14-23(15-13-21)34(32,33)29-22-10-8-20(9-11-22)26(16-17-26)25(31)27-18-19-6-4-3-5-7-19/h3-15,29H,2,16-18H2,1H3,(H,27,31)(H,28,30). The van der Waals surface area contributed by atoms with Gasteiger partial charge in [0.05, 0.1) is 10.3 Å². The SMILES string of the molecule is CCC(=O)Nc1ccc(S(=O)(=O)Nc2ccc(C3(C(=O)NCc4ccccc4)CC3)cc2)cc1. The van der Waals surface area contributed by atoms with Crippen LogP contribution in [0.1, 0.15) is 37.3 Å². The maximum absolute atomic E-state index is 12.9. The Kier molecular flexibility index (Phi) is 6.70. The molecule has 0 heterocycles. The molecule has 34 heavy (non-hydrogen) atoms. The molecule has 2 amide bonds. The molecule has 7 nitrogen and oxygen atoms in total. The van der Waals surface area contributed by atoms with Gasteiger partial charge < -0.3 is 10.6 Å². The molecule has 0 aliphatic heterocycles. The fourth-order valence-corrected chi connectivity index (χ4v) is 4.82. The van der Waals surface area contributed by atoms with Gasteiger partial charge in [0.1, 0.15) is 0 Å². The molecule has 1 fully saturated rings. The van der Waals surface area contributed by atoms with Crippen molar-refractivity contribution in [3.8, 4) is 0 Å². The molecule has 1 aliphatic carbocycles. The zero-order valence-electron chi connectivity index (χ0n) is 18.9. The molecule has 4 rings (SSSR count). The third-order valence-corrected chi connectivity index (χ3v) is 7.34. The predicted octanol–water partition coefficient (Wildman–Crippen LogP) is 4.18. The lowest BCUT2D eigenvalue weighted by Crippen LogP contribution is -2.34. The largest absolute Gasteiger partial charge is 0.351 e. The van der Waals surface area contributed by atoms with Crippen molar-refractivity contribution < 1.29 is 18.0 Å². The summed E-state index contributed by atoms with van der Waals surface area (Å²) in [5, 5.41) is 5.70. The lowest BCUT2D eigenvalue weighted by molar-refractivity contribution is -0.123. The van der Waals surface area contributed by atoms with Crippen molar-refractivity contribution in [1.29, 1.82) is 0 Å². The monoisotopic (exact) mass is 477 g/mol. The first-order valence-electron chi connectivity index (χ1n) is 11.2. The zero-order chi connectivity index (χ0) is 24.2. The van der Waals surface area contributed by atoms with Gasteiger partial charge in [-0.15, -0.1) is 0 Å². The van der Waals surface area contributed by atoms with Gasteiger partial charge in [-0.05, 0) is 60.4 Å². The van der Waals surface area contributed by atoms with Crippen molar-refractivity contribution in [2.24, 2.45) is 0 Å². The smallest absolute Gasteiger partial charge is 0.261 e. The highest BCUT2D eigenvalue weighted by Gasteiger charge is 2.51. The molecule has 0 radical (unpaired) electrons. The summed E-state index contributed by atoms with van der Waals surface area (Å²) in [6.45, 7) is 2.21. The summed E-state index contributed by atoms with van der Waals surface area (Å²) in [4.78, 5) is 24.4. The summed E-state index contributed by atoms with van der Waals surface area (Å²) in [5.41, 5.74) is 2.31. The average Bonchev–Trinajstić information content (AvgIpc) is 3.66. The summed E-state index contributed by atoms with van der Waals surface area (Å²) in [7, 11) is -3.79. The maximum atomic E-state index is 12.9. The van der Waals surface area contributed by atoms with Crippen LogP contribution in [0.2, 0.25) is 0 Å². The van der Waals surface area contributed by atoms with Crippen LogP contribution in [0.3, 0.4) is 0 Å². The second kappa shape index (κ2) is 9.69. The molecule has 1 saturated carbocycles. The van der Waals surface area contributed by atoms with Gasteiger partial charge in [0, 0.05) is 24.3 Å². The van der Waals surface area contributed by atoms with Gasteiger partial charge in [0.15, 0.2) is 0 Å². The van der Waals surface area contributed by atoms with E-state index < -0.39 is 15.4 Å². The highest BCUT2D eigenvalue weighted by Crippen LogP contribution is 2.48. The molecule has 0 bridgehead atoms. The molecule has 176 valence electrons. The second-order valence-corrected chi connectivity index (χ2v) is 10.0. The number of hydrogen-bond donors (Lipinski definition) is 3. The molecule has 0 aromatic heterocycles. The minimum Gasteiger partial charge on any atom is -0.351 e. The van der Waals surface area contributed by atoms with Crippen LogP contribution < -0.4 is 15.4 Å². The number of nitrogens with one attached hydrogen (secondary N) is 3. The van der Waals surface area contributed by atoms with Crippen molar-refractivity contribution in [1.82, 2.24) is 5.32 Å². The first-order valence-corrected chi connectivity index (χ1v) is 12.7. The van der Waals surface area contributed by atoms with E-state index in [0.29, 0.717) is 24.3 Å². The molecule has 3 N–H and O–H groups in total. The van der Waals surface area contributed by atoms with Crippen molar-refractivity contribution in [3.63, 3.8) is 0 Å². The van der Waals surface area contributed by atoms with E-state index in [-0.39, 0.29) is 16.7 Å². The van der Waals surface area contributed by atoms with E-state index in [2.05, 4.69) is 15.4 Å². The van der Waals surface area contributed by atoms with Gasteiger partial charge in [0.2, 0.25) is 11.8 Å². The lowest BCUT2D eigenvalue weighted by Gasteiger charge is -2.17. The minimum atomic E-state index is -3.79. The van der Waals surface area contributed by atoms with E-state index >= 15 is 0 Å². The molecule has 0 unspecified atom stereocenters. The van der Waals surface area contributed by atoms with Gasteiger partial charge in [-0.3, -0.25) is 14.3 Å². The van der Waals surface area contributed by atoms with Gasteiger partial charge in [-0.2, -0.15) is 0 Å². The first kappa shape index (κ1) is 23.5. The Morgan fingerprint density at radius 1 is 0.853 bits per heavy atom. The van der Waals surface area contributed by atoms with Crippen molar-refractivity contribution in [2.45, 2.75) is 43.0 Å². The molecule has 3 aromatic carbocycles. The van der Waals surface area contributed by atoms with Crippen LogP contribution in [-0.4, -0.2) is 20.2 Å². The summed E-state index contributed by atoms with van der Waals surface area (Å²) in [5.74, 6) is -0.157. The number of carbonyl (C=O) groups excluding carboxylic acids is 2. The number of anilines is 2. The zero-order valence-corrected chi connectivity index (χ0v) is 19.7. The summed E-state index contributed by atoms with van der Waals surface area (Å²) in [6.07, 6.45) is 1.87. The van der Waals surface area contributed by atoms with Crippen LogP contribution in [-0.2, 0) is 31.6 Å². The molecular formula is C26H27N3O4S. The molecule has 8 heteroatoms. The number of carbonyl (C=O) groups is 2. The van der Waals surface area contributed by atoms with Crippen molar-refractivity contribution in [3.05, 3.63) is 90.0 Å². The predicted molar refractivity (Wildman–Crippen MR) is 132 cm³/mol. The number of rotatable bonds is 9. The molecule has 3 aromatic rings. The third kappa shape index (κ3) is 5.28. The van der Waals surface area contributed by atoms with Gasteiger partial charge >= 0.3 is 0 Å². The van der Waals surface area contributed by atoms with E-state index in [1.807, 2.05) is 30.3 Å². The van der Waals surface area contributed by atoms with Crippen LogP contribution in [0.15, 0.2) is 83.8 Å². The van der Waals surface area contributed by atoms with Crippen molar-refractivity contribution >= 4 is 33.2 Å². The third-order valence-electron chi connectivity index (χ3n) is 5.94. The number of benzene rings is 3. The minimum absolute atomic E-state index is 0.0139. The van der Waals surface area contributed by atoms with Crippen LogP contribution in [0.5, 0.6) is 0 Å². The van der Waals surface area contributed by atoms with E-state index in [1.165, 1.54) is 12.1 Å². The summed E-state index contributed by atoms with van der Waals surface area (Å²) in [6, 6.07) is 22.7. The first-order chi connectivity index (χ1) is 16.3. The summed E-state index contributed by atoms with van der Waals surface area (Å²) >= 11 is 0. The van der Waals surface area contributed by atoms with Crippen LogP contribution >= 0.6 is 0 Å². The Bertz CT molecular complexity index is 1270. The Labute approximate surface area is 199 Å². The lowest BCUT2D eigenvalue weighted by atomic mass is 9.94. The van der Waals surface area contributed by atoms with Gasteiger partial charge in [-0.25, -0.2) is 8.42 Å². The number of sulfonamides is 1. The number of amides is 2. The average molecular weight is 478 g/mol. The highest BCUT2D eigenvalue weighted by atomic mass is 32.2. The van der Waals surface area contributed by atoms with E-state index in [0.717, 1.165) is 24.0 Å². The maximum Gasteiger partial charge on any atom is 0.261 e. The normalized spacial score (nSPS) is 14.1. The van der Waals surface area contributed by atoms with E-state index in [4.69, 9.17) is 0 Å². The Morgan fingerprint density at radius 3 is 2.06 bits per heavy atom. The van der Waals surface area contributed by atoms with Crippen LogP contribution in [0, 0.1) is 0 Å². The summed E-state index contributed by atoms with van der Waals surface area (Å²) < 4.78 is 28.1. The quantitative estimate of drug-likeness (QED) is 0.430. The second-order valence-electron chi connectivity index (χ2n) is 8.36. The number of hydrogen-bond acceptors (Lipinski definition) is 4. The fraction of sp³-hybridized carbons (Fsp3) is 0.231. The molecule has 1 aliphatic rings. The molecule has 0 saturated heterocycles. The van der Waals surface area contributed by atoms with Gasteiger partial charge in [-0.1, -0.05) is 49.4 Å². The van der Waals surface area contributed by atoms with Crippen LogP contribution in [0.4, 0.5) is 11.4 Å². The Balaban J connectivity index is 1.40. The Morgan fingerprint density at radius 2 is 1.47 bits per heavy atom. The Hall–Kier alpha value is -3.65. The van der Waals surface area contributed by atoms with Crippen LogP contribution in [0.25, 0.3) is 0 Å². The van der Waals surface area contributed by atoms with E-state index in [1.54, 1.807) is 43.3 Å². The molecule has 0 spiro atoms. The molecular weight excluding hydrogens is 450 g/mol. The van der Waals surface area contributed by atoms with Gasteiger partial charge in [0.25, 0.3) is 10.0 Å². The fourth-order valence-electron chi connectivity index (χ4n) is 3.76. The van der Waals surface area contributed by atoms with E-state index in [9.17, 15) is 18.0 Å². The topological polar surface area (TPSA) is 104 Å². The van der Waals surface area contributed by atoms with Crippen molar-refractivity contribution in [2.75, 3.05) is 10.0 Å². The highest BCUT2D eigenvalue weighted by molar-refractivity contribution is 7.92.